The fourth-order valence-electron chi connectivity index (χ4n) is 2.05. The lowest BCUT2D eigenvalue weighted by molar-refractivity contribution is -0.385. The molecule has 1 aliphatic heterocycles. The van der Waals surface area contributed by atoms with Crippen LogP contribution in [0, 0.1) is 10.1 Å². The molecule has 0 saturated heterocycles. The Kier molecular flexibility index (Phi) is 3.49. The number of carbonyl (C=O) groups is 1. The molecule has 0 aromatic heterocycles. The zero-order valence-corrected chi connectivity index (χ0v) is 11.3. The molecule has 0 N–H and O–H groups in total. The highest BCUT2D eigenvalue weighted by atomic mass is 16.6. The number of nitrogens with zero attached hydrogens (tertiary/aromatic N) is 2. The van der Waals surface area contributed by atoms with E-state index in [-0.39, 0.29) is 22.8 Å². The van der Waals surface area contributed by atoms with E-state index < -0.39 is 10.9 Å². The third-order valence-electron chi connectivity index (χ3n) is 3.05. The van der Waals surface area contributed by atoms with E-state index in [1.54, 1.807) is 18.2 Å². The minimum absolute atomic E-state index is 0.0560. The highest BCUT2D eigenvalue weighted by Crippen LogP contribution is 2.24. The summed E-state index contributed by atoms with van der Waals surface area (Å²) in [6, 6.07) is 15.2. The Labute approximate surface area is 125 Å². The quantitative estimate of drug-likeness (QED) is 0.377. The Bertz CT molecular complexity index is 810. The van der Waals surface area contributed by atoms with Gasteiger partial charge in [0.05, 0.1) is 4.92 Å². The molecule has 0 bridgehead atoms. The normalized spacial score (nSPS) is 15.5. The Morgan fingerprint density at radius 1 is 1.05 bits per heavy atom. The van der Waals surface area contributed by atoms with Crippen LogP contribution >= 0.6 is 0 Å². The SMILES string of the molecule is O=C1OC(c2ccccc2[N+](=O)[O-])=NC1=Cc1ccccc1. The lowest BCUT2D eigenvalue weighted by atomic mass is 10.2. The lowest BCUT2D eigenvalue weighted by Gasteiger charge is -2.00. The number of hydrogen-bond acceptors (Lipinski definition) is 5. The number of nitro benzene ring substituents is 1. The molecule has 1 heterocycles. The number of benzene rings is 2. The van der Waals surface area contributed by atoms with Crippen molar-refractivity contribution < 1.29 is 14.5 Å². The molecule has 6 nitrogen and oxygen atoms in total. The Balaban J connectivity index is 2.01. The highest BCUT2D eigenvalue weighted by Gasteiger charge is 2.28. The third kappa shape index (κ3) is 2.62. The number of hydrogen-bond donors (Lipinski definition) is 0. The zero-order valence-electron chi connectivity index (χ0n) is 11.3. The fraction of sp³-hybridized carbons (Fsp3) is 0. The number of rotatable bonds is 3. The van der Waals surface area contributed by atoms with Crippen molar-refractivity contribution in [2.45, 2.75) is 0 Å². The maximum Gasteiger partial charge on any atom is 0.363 e. The van der Waals surface area contributed by atoms with Gasteiger partial charge in [-0.1, -0.05) is 42.5 Å². The van der Waals surface area contributed by atoms with E-state index in [0.29, 0.717) is 0 Å². The van der Waals surface area contributed by atoms with Crippen LogP contribution in [0.5, 0.6) is 0 Å². The van der Waals surface area contributed by atoms with Crippen LogP contribution in [0.3, 0.4) is 0 Å². The Morgan fingerprint density at radius 3 is 2.45 bits per heavy atom. The van der Waals surface area contributed by atoms with Crippen molar-refractivity contribution in [2.75, 3.05) is 0 Å². The predicted molar refractivity (Wildman–Crippen MR) is 80.1 cm³/mol. The summed E-state index contributed by atoms with van der Waals surface area (Å²) in [4.78, 5) is 26.4. The third-order valence-corrected chi connectivity index (χ3v) is 3.05. The first-order valence-corrected chi connectivity index (χ1v) is 6.46. The van der Waals surface area contributed by atoms with E-state index in [4.69, 9.17) is 4.74 Å². The van der Waals surface area contributed by atoms with E-state index in [9.17, 15) is 14.9 Å². The lowest BCUT2D eigenvalue weighted by Crippen LogP contribution is -2.07. The molecule has 22 heavy (non-hydrogen) atoms. The standard InChI is InChI=1S/C16H10N2O4/c19-16-13(10-11-6-2-1-3-7-11)17-15(22-16)12-8-4-5-9-14(12)18(20)21/h1-10H. The number of esters is 1. The van der Waals surface area contributed by atoms with Crippen LogP contribution in [0.2, 0.25) is 0 Å². The van der Waals surface area contributed by atoms with Gasteiger partial charge in [0.1, 0.15) is 5.56 Å². The Morgan fingerprint density at radius 2 is 1.73 bits per heavy atom. The molecule has 2 aromatic rings. The summed E-state index contributed by atoms with van der Waals surface area (Å²) < 4.78 is 5.06. The second-order valence-corrected chi connectivity index (χ2v) is 4.52. The van der Waals surface area contributed by atoms with E-state index in [2.05, 4.69) is 4.99 Å². The topological polar surface area (TPSA) is 81.8 Å². The molecule has 6 heteroatoms. The second-order valence-electron chi connectivity index (χ2n) is 4.52. The van der Waals surface area contributed by atoms with Gasteiger partial charge in [-0.2, -0.15) is 0 Å². The van der Waals surface area contributed by atoms with Crippen LogP contribution in [-0.2, 0) is 9.53 Å². The van der Waals surface area contributed by atoms with Crippen molar-refractivity contribution in [3.63, 3.8) is 0 Å². The number of cyclic esters (lactones) is 1. The van der Waals surface area contributed by atoms with E-state index >= 15 is 0 Å². The molecule has 0 amide bonds. The van der Waals surface area contributed by atoms with Gasteiger partial charge in [0.15, 0.2) is 5.70 Å². The maximum atomic E-state index is 11.9. The van der Waals surface area contributed by atoms with Gasteiger partial charge in [0.2, 0.25) is 5.90 Å². The number of carbonyl (C=O) groups excluding carboxylic acids is 1. The first-order chi connectivity index (χ1) is 10.6. The van der Waals surface area contributed by atoms with Crippen LogP contribution in [0.15, 0.2) is 65.3 Å². The number of para-hydroxylation sites is 1. The molecule has 3 rings (SSSR count). The van der Waals surface area contributed by atoms with E-state index in [1.807, 2.05) is 30.3 Å². The molecular formula is C16H10N2O4. The van der Waals surface area contributed by atoms with Crippen LogP contribution < -0.4 is 0 Å². The molecule has 0 radical (unpaired) electrons. The van der Waals surface area contributed by atoms with Gasteiger partial charge in [-0.3, -0.25) is 10.1 Å². The summed E-state index contributed by atoms with van der Waals surface area (Å²) in [7, 11) is 0. The summed E-state index contributed by atoms with van der Waals surface area (Å²) in [5.41, 5.74) is 0.925. The van der Waals surface area contributed by atoms with Crippen LogP contribution in [0.25, 0.3) is 6.08 Å². The zero-order chi connectivity index (χ0) is 15.5. The van der Waals surface area contributed by atoms with Crippen LogP contribution in [0.1, 0.15) is 11.1 Å². The van der Waals surface area contributed by atoms with Gasteiger partial charge >= 0.3 is 5.97 Å². The number of aliphatic imine (C=N–C) groups is 1. The molecule has 1 aliphatic rings. The molecule has 0 fully saturated rings. The average Bonchev–Trinajstić information content (AvgIpc) is 2.89. The fourth-order valence-corrected chi connectivity index (χ4v) is 2.05. The average molecular weight is 294 g/mol. The Hall–Kier alpha value is -3.28. The van der Waals surface area contributed by atoms with Crippen molar-refractivity contribution in [1.82, 2.24) is 0 Å². The largest absolute Gasteiger partial charge is 0.402 e. The smallest absolute Gasteiger partial charge is 0.363 e. The molecule has 0 spiro atoms. The molecule has 2 aromatic carbocycles. The summed E-state index contributed by atoms with van der Waals surface area (Å²) in [6.07, 6.45) is 1.57. The summed E-state index contributed by atoms with van der Waals surface area (Å²) in [5, 5.41) is 11.0. The van der Waals surface area contributed by atoms with Gasteiger partial charge in [-0.25, -0.2) is 9.79 Å². The van der Waals surface area contributed by atoms with E-state index in [0.717, 1.165) is 5.56 Å². The minimum atomic E-state index is -0.628. The minimum Gasteiger partial charge on any atom is -0.402 e. The summed E-state index contributed by atoms with van der Waals surface area (Å²) >= 11 is 0. The first-order valence-electron chi connectivity index (χ1n) is 6.46. The van der Waals surface area contributed by atoms with Gasteiger partial charge in [0, 0.05) is 6.07 Å². The second kappa shape index (κ2) is 5.61. The predicted octanol–water partition coefficient (Wildman–Crippen LogP) is 2.94. The van der Waals surface area contributed by atoms with Gasteiger partial charge in [-0.05, 0) is 17.7 Å². The summed E-state index contributed by atoms with van der Waals surface area (Å²) in [5.74, 6) is -0.684. The van der Waals surface area contributed by atoms with Crippen molar-refractivity contribution in [3.8, 4) is 0 Å². The van der Waals surface area contributed by atoms with Crippen molar-refractivity contribution in [1.29, 1.82) is 0 Å². The molecule has 0 aliphatic carbocycles. The number of nitro groups is 1. The number of ether oxygens (including phenoxy) is 1. The molecular weight excluding hydrogens is 284 g/mol. The summed E-state index contributed by atoms with van der Waals surface area (Å²) in [6.45, 7) is 0. The highest BCUT2D eigenvalue weighted by molar-refractivity contribution is 6.14. The first kappa shape index (κ1) is 13.7. The molecule has 108 valence electrons. The van der Waals surface area contributed by atoms with Gasteiger partial charge < -0.3 is 4.74 Å². The molecule has 0 saturated carbocycles. The molecule has 0 unspecified atom stereocenters. The van der Waals surface area contributed by atoms with Crippen molar-refractivity contribution in [2.24, 2.45) is 4.99 Å². The van der Waals surface area contributed by atoms with Crippen molar-refractivity contribution in [3.05, 3.63) is 81.5 Å². The van der Waals surface area contributed by atoms with Gasteiger partial charge in [0.25, 0.3) is 5.69 Å². The van der Waals surface area contributed by atoms with Gasteiger partial charge in [-0.15, -0.1) is 0 Å². The van der Waals surface area contributed by atoms with Crippen molar-refractivity contribution >= 4 is 23.6 Å². The van der Waals surface area contributed by atoms with Crippen LogP contribution in [0.4, 0.5) is 5.69 Å². The van der Waals surface area contributed by atoms with Crippen LogP contribution in [-0.4, -0.2) is 16.8 Å². The maximum absolute atomic E-state index is 11.9. The monoisotopic (exact) mass is 294 g/mol. The molecule has 0 atom stereocenters. The van der Waals surface area contributed by atoms with E-state index in [1.165, 1.54) is 12.1 Å².